The molecular formula is C27H32N4O. The van der Waals surface area contributed by atoms with Gasteiger partial charge < -0.3 is 4.90 Å². The van der Waals surface area contributed by atoms with Crippen LogP contribution in [0, 0.1) is 0 Å². The third-order valence-electron chi connectivity index (χ3n) is 6.12. The van der Waals surface area contributed by atoms with Gasteiger partial charge in [-0.15, -0.1) is 0 Å². The Balaban J connectivity index is 1.59. The summed E-state index contributed by atoms with van der Waals surface area (Å²) in [6.07, 6.45) is 2.98. The molecule has 0 spiro atoms. The summed E-state index contributed by atoms with van der Waals surface area (Å²) in [4.78, 5) is 20.4. The highest BCUT2D eigenvalue weighted by Crippen LogP contribution is 2.26. The second-order valence-electron chi connectivity index (χ2n) is 8.81. The summed E-state index contributed by atoms with van der Waals surface area (Å²) >= 11 is 0. The Hall–Kier alpha value is -3.05. The van der Waals surface area contributed by atoms with Gasteiger partial charge in [-0.3, -0.25) is 4.79 Å². The molecule has 2 aromatic carbocycles. The van der Waals surface area contributed by atoms with Crippen LogP contribution in [0.1, 0.15) is 61.9 Å². The second kappa shape index (κ2) is 10.0. The molecule has 3 aromatic rings. The fourth-order valence-electron chi connectivity index (χ4n) is 4.20. The quantitative estimate of drug-likeness (QED) is 0.519. The van der Waals surface area contributed by atoms with Crippen LogP contribution in [0.25, 0.3) is 22.2 Å². The van der Waals surface area contributed by atoms with Crippen molar-refractivity contribution in [3.05, 3.63) is 65.7 Å². The molecule has 1 aliphatic rings. The minimum atomic E-state index is -0.188. The van der Waals surface area contributed by atoms with Crippen LogP contribution in [-0.2, 0) is 0 Å². The van der Waals surface area contributed by atoms with Crippen molar-refractivity contribution in [2.75, 3.05) is 19.6 Å². The maximum absolute atomic E-state index is 13.1. The highest BCUT2D eigenvalue weighted by molar-refractivity contribution is 6.07. The van der Waals surface area contributed by atoms with E-state index >= 15 is 0 Å². The third kappa shape index (κ3) is 5.05. The van der Waals surface area contributed by atoms with E-state index in [9.17, 15) is 4.79 Å². The average molecular weight is 429 g/mol. The van der Waals surface area contributed by atoms with Gasteiger partial charge in [0, 0.05) is 42.6 Å². The van der Waals surface area contributed by atoms with E-state index in [-0.39, 0.29) is 5.91 Å². The van der Waals surface area contributed by atoms with E-state index in [1.54, 1.807) is 0 Å². The summed E-state index contributed by atoms with van der Waals surface area (Å²) in [5, 5.41) is 5.30. The van der Waals surface area contributed by atoms with Crippen molar-refractivity contribution in [2.24, 2.45) is 5.10 Å². The number of pyridine rings is 1. The molecule has 2 heterocycles. The van der Waals surface area contributed by atoms with E-state index in [4.69, 9.17) is 4.98 Å². The van der Waals surface area contributed by atoms with Crippen molar-refractivity contribution in [1.82, 2.24) is 15.3 Å². The molecule has 0 aliphatic carbocycles. The fourth-order valence-corrected chi connectivity index (χ4v) is 4.20. The van der Waals surface area contributed by atoms with Crippen LogP contribution in [-0.4, -0.2) is 41.1 Å². The average Bonchev–Trinajstić information content (AvgIpc) is 2.83. The van der Waals surface area contributed by atoms with E-state index in [0.29, 0.717) is 11.5 Å². The number of aromatic nitrogens is 1. The number of hydrogen-bond acceptors (Lipinski definition) is 4. The lowest BCUT2D eigenvalue weighted by Crippen LogP contribution is -2.35. The monoisotopic (exact) mass is 428 g/mol. The number of para-hydroxylation sites is 1. The molecule has 5 nitrogen and oxygen atoms in total. The Morgan fingerprint density at radius 3 is 2.50 bits per heavy atom. The molecule has 1 amide bonds. The number of nitrogens with zero attached hydrogens (tertiary/aromatic N) is 3. The summed E-state index contributed by atoms with van der Waals surface area (Å²) in [7, 11) is 0. The van der Waals surface area contributed by atoms with Gasteiger partial charge in [-0.25, -0.2) is 10.4 Å². The molecule has 32 heavy (non-hydrogen) atoms. The second-order valence-corrected chi connectivity index (χ2v) is 8.81. The normalized spacial score (nSPS) is 14.7. The van der Waals surface area contributed by atoms with E-state index in [2.05, 4.69) is 60.5 Å². The number of likely N-dealkylation sites (tertiary alicyclic amines) is 1. The van der Waals surface area contributed by atoms with Crippen molar-refractivity contribution in [3.8, 4) is 11.3 Å². The van der Waals surface area contributed by atoms with Crippen LogP contribution in [0.2, 0.25) is 0 Å². The van der Waals surface area contributed by atoms with E-state index in [1.165, 1.54) is 12.0 Å². The Morgan fingerprint density at radius 2 is 1.81 bits per heavy atom. The first kappa shape index (κ1) is 22.2. The van der Waals surface area contributed by atoms with Gasteiger partial charge >= 0.3 is 0 Å². The van der Waals surface area contributed by atoms with Crippen molar-refractivity contribution in [1.29, 1.82) is 0 Å². The van der Waals surface area contributed by atoms with Gasteiger partial charge in [0.2, 0.25) is 0 Å². The smallest absolute Gasteiger partial charge is 0.272 e. The number of fused-ring (bicyclic) bond motifs is 1. The Labute approximate surface area is 190 Å². The molecule has 1 aliphatic heterocycles. The number of hydrazone groups is 1. The number of amides is 1. The van der Waals surface area contributed by atoms with Crippen LogP contribution >= 0.6 is 0 Å². The topological polar surface area (TPSA) is 57.6 Å². The van der Waals surface area contributed by atoms with E-state index < -0.39 is 0 Å². The summed E-state index contributed by atoms with van der Waals surface area (Å²) in [5.74, 6) is 0.287. The molecular weight excluding hydrogens is 396 g/mol. The molecule has 1 saturated heterocycles. The molecule has 1 aromatic heterocycles. The van der Waals surface area contributed by atoms with Crippen molar-refractivity contribution >= 4 is 22.5 Å². The maximum atomic E-state index is 13.1. The highest BCUT2D eigenvalue weighted by atomic mass is 16.2. The summed E-state index contributed by atoms with van der Waals surface area (Å²) < 4.78 is 0. The lowest BCUT2D eigenvalue weighted by atomic mass is 9.99. The van der Waals surface area contributed by atoms with Crippen molar-refractivity contribution in [3.63, 3.8) is 0 Å². The largest absolute Gasteiger partial charge is 0.303 e. The standard InChI is InChI=1S/C27H32N4O/c1-4-15-31-16-13-22(14-17-31)29-30-27(32)24-18-26(28-25-8-6-5-7-23(24)25)21-11-9-20(10-12-21)19(2)3/h5-12,18-19H,4,13-17H2,1-3H3,(H,30,32). The summed E-state index contributed by atoms with van der Waals surface area (Å²) in [6, 6.07) is 18.1. The zero-order valence-corrected chi connectivity index (χ0v) is 19.3. The van der Waals surface area contributed by atoms with Crippen LogP contribution in [0.3, 0.4) is 0 Å². The van der Waals surface area contributed by atoms with Crippen molar-refractivity contribution in [2.45, 2.75) is 46.0 Å². The number of carbonyl (C=O) groups excluding carboxylic acids is 1. The first-order chi connectivity index (χ1) is 15.5. The van der Waals surface area contributed by atoms with Gasteiger partial charge in [0.1, 0.15) is 0 Å². The predicted molar refractivity (Wildman–Crippen MR) is 132 cm³/mol. The Bertz CT molecular complexity index is 1110. The van der Waals surface area contributed by atoms with E-state index in [1.807, 2.05) is 30.3 Å². The molecule has 0 atom stereocenters. The Kier molecular flexibility index (Phi) is 6.96. The minimum absolute atomic E-state index is 0.188. The van der Waals surface area contributed by atoms with Gasteiger partial charge in [0.15, 0.2) is 0 Å². The van der Waals surface area contributed by atoms with Crippen molar-refractivity contribution < 1.29 is 4.79 Å². The van der Waals surface area contributed by atoms with Crippen LogP contribution < -0.4 is 5.43 Å². The molecule has 1 N–H and O–H groups in total. The van der Waals surface area contributed by atoms with Gasteiger partial charge in [0.25, 0.3) is 5.91 Å². The molecule has 0 unspecified atom stereocenters. The molecule has 1 fully saturated rings. The number of piperidine rings is 1. The molecule has 4 rings (SSSR count). The lowest BCUT2D eigenvalue weighted by Gasteiger charge is -2.26. The number of hydrogen-bond donors (Lipinski definition) is 1. The van der Waals surface area contributed by atoms with Crippen LogP contribution in [0.15, 0.2) is 59.7 Å². The summed E-state index contributed by atoms with van der Waals surface area (Å²) in [6.45, 7) is 9.72. The number of nitrogens with one attached hydrogen (secondary N) is 1. The van der Waals surface area contributed by atoms with Crippen LogP contribution in [0.4, 0.5) is 0 Å². The lowest BCUT2D eigenvalue weighted by molar-refractivity contribution is 0.0956. The predicted octanol–water partition coefficient (Wildman–Crippen LogP) is 5.62. The SMILES string of the molecule is CCCN1CCC(=NNC(=O)c2cc(-c3ccc(C(C)C)cc3)nc3ccccc23)CC1. The van der Waals surface area contributed by atoms with Gasteiger partial charge in [-0.05, 0) is 36.6 Å². The number of carbonyl (C=O) groups is 1. The Morgan fingerprint density at radius 1 is 1.09 bits per heavy atom. The van der Waals surface area contributed by atoms with Crippen LogP contribution in [0.5, 0.6) is 0 Å². The van der Waals surface area contributed by atoms with Gasteiger partial charge in [-0.2, -0.15) is 5.10 Å². The molecule has 5 heteroatoms. The molecule has 0 radical (unpaired) electrons. The van der Waals surface area contributed by atoms with Gasteiger partial charge in [-0.1, -0.05) is 63.2 Å². The number of benzene rings is 2. The third-order valence-corrected chi connectivity index (χ3v) is 6.12. The summed E-state index contributed by atoms with van der Waals surface area (Å²) in [5.41, 5.74) is 8.37. The first-order valence-corrected chi connectivity index (χ1v) is 11.6. The molecule has 0 bridgehead atoms. The zero-order valence-electron chi connectivity index (χ0n) is 19.3. The minimum Gasteiger partial charge on any atom is -0.303 e. The number of rotatable bonds is 6. The van der Waals surface area contributed by atoms with Gasteiger partial charge in [0.05, 0.1) is 16.8 Å². The van der Waals surface area contributed by atoms with E-state index in [0.717, 1.165) is 60.3 Å². The first-order valence-electron chi connectivity index (χ1n) is 11.6. The fraction of sp³-hybridized carbons (Fsp3) is 0.370. The molecule has 166 valence electrons. The molecule has 0 saturated carbocycles. The highest BCUT2D eigenvalue weighted by Gasteiger charge is 2.17. The zero-order chi connectivity index (χ0) is 22.5. The maximum Gasteiger partial charge on any atom is 0.272 e.